The summed E-state index contributed by atoms with van der Waals surface area (Å²) in [6, 6.07) is 0. The van der Waals surface area contributed by atoms with Crippen LogP contribution in [-0.2, 0) is 28.6 Å². The van der Waals surface area contributed by atoms with Crippen molar-refractivity contribution < 1.29 is 28.6 Å². The van der Waals surface area contributed by atoms with Crippen LogP contribution in [0.3, 0.4) is 0 Å². The number of rotatable bonds is 66. The Hall–Kier alpha value is -1.59. The van der Waals surface area contributed by atoms with Gasteiger partial charge in [0.15, 0.2) is 6.10 Å². The Morgan fingerprint density at radius 3 is 0.526 bits per heavy atom. The molecule has 76 heavy (non-hydrogen) atoms. The van der Waals surface area contributed by atoms with Gasteiger partial charge in [0.05, 0.1) is 0 Å². The molecule has 0 aliphatic heterocycles. The summed E-state index contributed by atoms with van der Waals surface area (Å²) in [7, 11) is 0. The largest absolute Gasteiger partial charge is 0.462 e. The molecule has 0 saturated carbocycles. The maximum Gasteiger partial charge on any atom is 0.306 e. The van der Waals surface area contributed by atoms with Gasteiger partial charge < -0.3 is 14.2 Å². The van der Waals surface area contributed by atoms with Crippen LogP contribution in [0.2, 0.25) is 0 Å². The van der Waals surface area contributed by atoms with Gasteiger partial charge in [-0.05, 0) is 19.3 Å². The quantitative estimate of drug-likeness (QED) is 0.0343. The standard InChI is InChI=1S/C70H136O6/c1-4-7-10-13-16-19-21-23-25-27-28-29-30-31-32-33-34-35-36-37-38-39-40-41-42-44-45-47-49-51-54-57-60-63-69(72)75-66-67(65-74-68(71)62-59-56-53-18-15-12-9-6-3)76-70(73)64-61-58-55-52-50-48-46-43-26-24-22-20-17-14-11-8-5-2/h67H,4-66H2,1-3H3. The second kappa shape index (κ2) is 65.9. The molecule has 6 nitrogen and oxygen atoms in total. The molecule has 0 radical (unpaired) electrons. The molecule has 0 fully saturated rings. The Kier molecular flexibility index (Phi) is 64.5. The minimum atomic E-state index is -0.761. The van der Waals surface area contributed by atoms with Crippen LogP contribution in [0.15, 0.2) is 0 Å². The summed E-state index contributed by atoms with van der Waals surface area (Å²) < 4.78 is 16.9. The molecule has 0 spiro atoms. The molecule has 1 atom stereocenters. The number of carbonyl (C=O) groups excluding carboxylic acids is 3. The van der Waals surface area contributed by atoms with E-state index in [9.17, 15) is 14.4 Å². The van der Waals surface area contributed by atoms with E-state index in [1.807, 2.05) is 0 Å². The third-order valence-corrected chi connectivity index (χ3v) is 16.4. The highest BCUT2D eigenvalue weighted by molar-refractivity contribution is 5.71. The normalized spacial score (nSPS) is 11.9. The van der Waals surface area contributed by atoms with Crippen LogP contribution in [0.4, 0.5) is 0 Å². The van der Waals surface area contributed by atoms with E-state index in [2.05, 4.69) is 20.8 Å². The highest BCUT2D eigenvalue weighted by atomic mass is 16.6. The van der Waals surface area contributed by atoms with E-state index >= 15 is 0 Å². The predicted octanol–water partition coefficient (Wildman–Crippen LogP) is 23.8. The van der Waals surface area contributed by atoms with Gasteiger partial charge in [-0.1, -0.05) is 374 Å². The Morgan fingerprint density at radius 2 is 0.355 bits per heavy atom. The van der Waals surface area contributed by atoms with E-state index < -0.39 is 6.10 Å². The molecule has 0 aromatic carbocycles. The SMILES string of the molecule is CCCCCCCCCCCCCCCCCCCCCCCCCCCCCCCCCCCC(=O)OCC(COC(=O)CCCCCCCCCC)OC(=O)CCCCCCCCCCCCCCCCCCC. The highest BCUT2D eigenvalue weighted by Crippen LogP contribution is 2.19. The molecule has 1 unspecified atom stereocenters. The third-order valence-electron chi connectivity index (χ3n) is 16.4. The summed E-state index contributed by atoms with van der Waals surface area (Å²) in [4.78, 5) is 38.1. The first-order valence-electron chi connectivity index (χ1n) is 35.0. The van der Waals surface area contributed by atoms with Crippen LogP contribution in [-0.4, -0.2) is 37.2 Å². The smallest absolute Gasteiger partial charge is 0.306 e. The van der Waals surface area contributed by atoms with Gasteiger partial charge in [-0.15, -0.1) is 0 Å². The number of esters is 3. The van der Waals surface area contributed by atoms with E-state index in [1.54, 1.807) is 0 Å². The summed E-state index contributed by atoms with van der Waals surface area (Å²) >= 11 is 0. The molecule has 0 aromatic rings. The molecule has 0 rings (SSSR count). The lowest BCUT2D eigenvalue weighted by Gasteiger charge is -2.18. The monoisotopic (exact) mass is 1070 g/mol. The summed E-state index contributed by atoms with van der Waals surface area (Å²) in [6.45, 7) is 6.70. The maximum atomic E-state index is 12.9. The molecular formula is C70H136O6. The molecule has 0 N–H and O–H groups in total. The van der Waals surface area contributed by atoms with E-state index in [0.717, 1.165) is 57.8 Å². The molecule has 452 valence electrons. The second-order valence-corrected chi connectivity index (χ2v) is 24.2. The molecule has 0 saturated heterocycles. The van der Waals surface area contributed by atoms with Crippen molar-refractivity contribution in [2.45, 2.75) is 419 Å². The number of carbonyl (C=O) groups is 3. The van der Waals surface area contributed by atoms with Gasteiger partial charge in [0.2, 0.25) is 0 Å². The summed E-state index contributed by atoms with van der Waals surface area (Å²) in [5, 5.41) is 0. The molecule has 0 aliphatic carbocycles. The number of ether oxygens (including phenoxy) is 3. The van der Waals surface area contributed by atoms with Gasteiger partial charge in [-0.3, -0.25) is 14.4 Å². The van der Waals surface area contributed by atoms with E-state index in [0.29, 0.717) is 19.3 Å². The Morgan fingerprint density at radius 1 is 0.211 bits per heavy atom. The van der Waals surface area contributed by atoms with Crippen LogP contribution in [0.25, 0.3) is 0 Å². The van der Waals surface area contributed by atoms with Crippen LogP contribution >= 0.6 is 0 Å². The van der Waals surface area contributed by atoms with E-state index in [-0.39, 0.29) is 31.1 Å². The molecule has 6 heteroatoms. The average Bonchev–Trinajstić information content (AvgIpc) is 3.42. The Labute approximate surface area is 476 Å². The first kappa shape index (κ1) is 74.4. The molecule has 0 amide bonds. The lowest BCUT2D eigenvalue weighted by molar-refractivity contribution is -0.167. The fraction of sp³-hybridized carbons (Fsp3) is 0.957. The van der Waals surface area contributed by atoms with Crippen molar-refractivity contribution in [3.63, 3.8) is 0 Å². The van der Waals surface area contributed by atoms with Crippen molar-refractivity contribution in [2.75, 3.05) is 13.2 Å². The minimum absolute atomic E-state index is 0.0612. The van der Waals surface area contributed by atoms with Gasteiger partial charge in [-0.25, -0.2) is 0 Å². The zero-order chi connectivity index (χ0) is 55.0. The first-order valence-corrected chi connectivity index (χ1v) is 35.0. The van der Waals surface area contributed by atoms with Gasteiger partial charge in [0.25, 0.3) is 0 Å². The zero-order valence-corrected chi connectivity index (χ0v) is 52.1. The topological polar surface area (TPSA) is 78.9 Å². The fourth-order valence-corrected chi connectivity index (χ4v) is 11.1. The van der Waals surface area contributed by atoms with Crippen LogP contribution < -0.4 is 0 Å². The van der Waals surface area contributed by atoms with E-state index in [4.69, 9.17) is 14.2 Å². The molecular weight excluding hydrogens is 937 g/mol. The average molecular weight is 1070 g/mol. The van der Waals surface area contributed by atoms with Crippen molar-refractivity contribution in [1.82, 2.24) is 0 Å². The van der Waals surface area contributed by atoms with Crippen molar-refractivity contribution in [1.29, 1.82) is 0 Å². The highest BCUT2D eigenvalue weighted by Gasteiger charge is 2.19. The van der Waals surface area contributed by atoms with Crippen molar-refractivity contribution in [2.24, 2.45) is 0 Å². The van der Waals surface area contributed by atoms with Crippen molar-refractivity contribution in [3.8, 4) is 0 Å². The van der Waals surface area contributed by atoms with Gasteiger partial charge in [0, 0.05) is 19.3 Å². The molecule has 0 bridgehead atoms. The number of unbranched alkanes of at least 4 members (excludes halogenated alkanes) is 55. The minimum Gasteiger partial charge on any atom is -0.462 e. The summed E-state index contributed by atoms with van der Waals surface area (Å²) in [5.41, 5.74) is 0. The Balaban J connectivity index is 3.94. The van der Waals surface area contributed by atoms with E-state index in [1.165, 1.54) is 315 Å². The predicted molar refractivity (Wildman–Crippen MR) is 330 cm³/mol. The van der Waals surface area contributed by atoms with Gasteiger partial charge in [0.1, 0.15) is 13.2 Å². The second-order valence-electron chi connectivity index (χ2n) is 24.2. The number of hydrogen-bond donors (Lipinski definition) is 0. The third kappa shape index (κ3) is 63.2. The van der Waals surface area contributed by atoms with Crippen molar-refractivity contribution >= 4 is 17.9 Å². The van der Waals surface area contributed by atoms with Crippen molar-refractivity contribution in [3.05, 3.63) is 0 Å². The van der Waals surface area contributed by atoms with Crippen LogP contribution in [0.1, 0.15) is 412 Å². The molecule has 0 heterocycles. The van der Waals surface area contributed by atoms with Gasteiger partial charge >= 0.3 is 17.9 Å². The summed E-state index contributed by atoms with van der Waals surface area (Å²) in [6.07, 6.45) is 77.4. The van der Waals surface area contributed by atoms with Crippen LogP contribution in [0.5, 0.6) is 0 Å². The van der Waals surface area contributed by atoms with Gasteiger partial charge in [-0.2, -0.15) is 0 Å². The zero-order valence-electron chi connectivity index (χ0n) is 52.1. The molecule has 0 aromatic heterocycles. The summed E-state index contributed by atoms with van der Waals surface area (Å²) in [5.74, 6) is -0.833. The lowest BCUT2D eigenvalue weighted by atomic mass is 10.0. The number of hydrogen-bond acceptors (Lipinski definition) is 6. The first-order chi connectivity index (χ1) is 37.5. The Bertz CT molecular complexity index is 1140. The molecule has 0 aliphatic rings. The lowest BCUT2D eigenvalue weighted by Crippen LogP contribution is -2.30. The van der Waals surface area contributed by atoms with Crippen LogP contribution in [0, 0.1) is 0 Å². The maximum absolute atomic E-state index is 12.9. The fourth-order valence-electron chi connectivity index (χ4n) is 11.1.